The molecule has 1 atom stereocenters. The van der Waals surface area contributed by atoms with Crippen LogP contribution in [0.4, 0.5) is 5.82 Å². The average Bonchev–Trinajstić information content (AvgIpc) is 3.34. The zero-order valence-electron chi connectivity index (χ0n) is 15.3. The zero-order valence-corrected chi connectivity index (χ0v) is 16.1. The van der Waals surface area contributed by atoms with E-state index in [1.54, 1.807) is 15.6 Å². The minimum absolute atomic E-state index is 0.0239. The molecular weight excluding hydrogens is 354 g/mol. The van der Waals surface area contributed by atoms with Gasteiger partial charge in [-0.15, -0.1) is 0 Å². The quantitative estimate of drug-likeness (QED) is 0.805. The van der Waals surface area contributed by atoms with E-state index in [2.05, 4.69) is 14.8 Å². The predicted octanol–water partition coefficient (Wildman–Crippen LogP) is 2.53. The van der Waals surface area contributed by atoms with Crippen LogP contribution in [0.15, 0.2) is 23.2 Å². The van der Waals surface area contributed by atoms with Gasteiger partial charge in [0, 0.05) is 37.1 Å². The number of nitrogens with one attached hydrogen (secondary N) is 2. The number of carbonyl (C=O) groups is 1. The number of aryl methyl sites for hydroxylation is 1. The molecule has 0 radical (unpaired) electrons. The Balaban J connectivity index is 1.77. The van der Waals surface area contributed by atoms with Crippen LogP contribution in [-0.4, -0.2) is 47.1 Å². The number of likely N-dealkylation sites (tertiary alicyclic amines) is 1. The summed E-state index contributed by atoms with van der Waals surface area (Å²) in [7, 11) is -3.81. The zero-order chi connectivity index (χ0) is 18.9. The highest BCUT2D eigenvalue weighted by molar-refractivity contribution is 7.92. The van der Waals surface area contributed by atoms with Crippen molar-refractivity contribution in [2.75, 3.05) is 17.8 Å². The van der Waals surface area contributed by atoms with Crippen molar-refractivity contribution < 1.29 is 13.2 Å². The van der Waals surface area contributed by atoms with Gasteiger partial charge in [-0.2, -0.15) is 5.10 Å². The van der Waals surface area contributed by atoms with Crippen molar-refractivity contribution in [1.29, 1.82) is 0 Å². The molecule has 0 saturated carbocycles. The summed E-state index contributed by atoms with van der Waals surface area (Å²) in [4.78, 5) is 16.9. The number of sulfonamides is 1. The van der Waals surface area contributed by atoms with Gasteiger partial charge in [-0.25, -0.2) is 8.42 Å². The first-order valence-electron chi connectivity index (χ1n) is 8.88. The molecule has 3 heterocycles. The summed E-state index contributed by atoms with van der Waals surface area (Å²) < 4.78 is 29.5. The average molecular weight is 379 g/mol. The highest BCUT2D eigenvalue weighted by Crippen LogP contribution is 2.21. The SMILES string of the molecule is CCC(C)n1nc(NS(=O)(=O)c2c[nH]c(C(=O)N3CCCC3)c2)cc1C. The van der Waals surface area contributed by atoms with E-state index < -0.39 is 10.0 Å². The van der Waals surface area contributed by atoms with Crippen molar-refractivity contribution in [3.63, 3.8) is 0 Å². The molecule has 1 aliphatic heterocycles. The van der Waals surface area contributed by atoms with Crippen LogP contribution in [0, 0.1) is 6.92 Å². The molecular formula is C17H25N5O3S. The van der Waals surface area contributed by atoms with E-state index >= 15 is 0 Å². The minimum atomic E-state index is -3.81. The van der Waals surface area contributed by atoms with Crippen molar-refractivity contribution >= 4 is 21.7 Å². The van der Waals surface area contributed by atoms with E-state index in [4.69, 9.17) is 0 Å². The van der Waals surface area contributed by atoms with Gasteiger partial charge < -0.3 is 9.88 Å². The summed E-state index contributed by atoms with van der Waals surface area (Å²) in [6.07, 6.45) is 4.20. The van der Waals surface area contributed by atoms with Gasteiger partial charge in [0.1, 0.15) is 10.6 Å². The molecule has 0 bridgehead atoms. The van der Waals surface area contributed by atoms with E-state index in [1.165, 1.54) is 12.3 Å². The lowest BCUT2D eigenvalue weighted by atomic mass is 10.2. The fourth-order valence-corrected chi connectivity index (χ4v) is 4.08. The summed E-state index contributed by atoms with van der Waals surface area (Å²) in [5, 5.41) is 4.34. The largest absolute Gasteiger partial charge is 0.356 e. The van der Waals surface area contributed by atoms with Crippen molar-refractivity contribution in [1.82, 2.24) is 19.7 Å². The molecule has 9 heteroatoms. The Morgan fingerprint density at radius 3 is 2.69 bits per heavy atom. The van der Waals surface area contributed by atoms with Gasteiger partial charge in [0.15, 0.2) is 5.82 Å². The monoisotopic (exact) mass is 379 g/mol. The van der Waals surface area contributed by atoms with Crippen LogP contribution < -0.4 is 4.72 Å². The molecule has 1 fully saturated rings. The second-order valence-electron chi connectivity index (χ2n) is 6.73. The third-order valence-electron chi connectivity index (χ3n) is 4.76. The number of nitrogens with zero attached hydrogens (tertiary/aromatic N) is 3. The second kappa shape index (κ2) is 7.14. The van der Waals surface area contributed by atoms with Crippen molar-refractivity contribution in [2.24, 2.45) is 0 Å². The number of carbonyl (C=O) groups excluding carboxylic acids is 1. The lowest BCUT2D eigenvalue weighted by Crippen LogP contribution is -2.27. The fourth-order valence-electron chi connectivity index (χ4n) is 3.10. The Labute approximate surface area is 153 Å². The van der Waals surface area contributed by atoms with E-state index in [-0.39, 0.29) is 28.4 Å². The van der Waals surface area contributed by atoms with Crippen LogP contribution in [0.5, 0.6) is 0 Å². The molecule has 3 rings (SSSR count). The van der Waals surface area contributed by atoms with Gasteiger partial charge in [-0.3, -0.25) is 14.2 Å². The Hall–Kier alpha value is -2.29. The van der Waals surface area contributed by atoms with Crippen molar-refractivity contribution in [2.45, 2.75) is 51.0 Å². The van der Waals surface area contributed by atoms with E-state index in [0.29, 0.717) is 13.1 Å². The fraction of sp³-hybridized carbons (Fsp3) is 0.529. The molecule has 0 spiro atoms. The summed E-state index contributed by atoms with van der Waals surface area (Å²) in [5.74, 6) is 0.109. The van der Waals surface area contributed by atoms with Crippen LogP contribution in [0.3, 0.4) is 0 Å². The van der Waals surface area contributed by atoms with Crippen LogP contribution in [0.2, 0.25) is 0 Å². The van der Waals surface area contributed by atoms with Gasteiger partial charge in [-0.05, 0) is 39.2 Å². The molecule has 0 aliphatic carbocycles. The standard InChI is InChI=1S/C17H25N5O3S/c1-4-12(2)22-13(3)9-16(19-22)20-26(24,25)14-10-15(18-11-14)17(23)21-7-5-6-8-21/h9-12,18H,4-8H2,1-3H3,(H,19,20). The first-order valence-corrected chi connectivity index (χ1v) is 10.4. The number of rotatable bonds is 6. The highest BCUT2D eigenvalue weighted by Gasteiger charge is 2.24. The van der Waals surface area contributed by atoms with Crippen LogP contribution >= 0.6 is 0 Å². The van der Waals surface area contributed by atoms with E-state index in [9.17, 15) is 13.2 Å². The van der Waals surface area contributed by atoms with Gasteiger partial charge in [0.25, 0.3) is 15.9 Å². The molecule has 1 aliphatic rings. The first-order chi connectivity index (χ1) is 12.3. The van der Waals surface area contributed by atoms with Gasteiger partial charge in [0.05, 0.1) is 0 Å². The van der Waals surface area contributed by atoms with Crippen LogP contribution in [-0.2, 0) is 10.0 Å². The minimum Gasteiger partial charge on any atom is -0.356 e. The maximum absolute atomic E-state index is 12.6. The molecule has 8 nitrogen and oxygen atoms in total. The summed E-state index contributed by atoms with van der Waals surface area (Å²) in [6.45, 7) is 7.39. The lowest BCUT2D eigenvalue weighted by Gasteiger charge is -2.13. The topological polar surface area (TPSA) is 100 Å². The molecule has 2 aromatic heterocycles. The molecule has 2 N–H and O–H groups in total. The maximum Gasteiger partial charge on any atom is 0.270 e. The maximum atomic E-state index is 12.6. The van der Waals surface area contributed by atoms with Gasteiger partial charge >= 0.3 is 0 Å². The Morgan fingerprint density at radius 1 is 1.35 bits per heavy atom. The Kier molecular flexibility index (Phi) is 5.08. The molecule has 26 heavy (non-hydrogen) atoms. The van der Waals surface area contributed by atoms with Crippen molar-refractivity contribution in [3.05, 3.63) is 29.7 Å². The summed E-state index contributed by atoms with van der Waals surface area (Å²) >= 11 is 0. The van der Waals surface area contributed by atoms with E-state index in [1.807, 2.05) is 20.8 Å². The number of aromatic amines is 1. The normalized spacial score (nSPS) is 16.0. The number of amides is 1. The number of hydrogen-bond acceptors (Lipinski definition) is 4. The Morgan fingerprint density at radius 2 is 2.04 bits per heavy atom. The van der Waals surface area contributed by atoms with Crippen LogP contribution in [0.25, 0.3) is 0 Å². The molecule has 0 aromatic carbocycles. The second-order valence-corrected chi connectivity index (χ2v) is 8.41. The molecule has 1 amide bonds. The highest BCUT2D eigenvalue weighted by atomic mass is 32.2. The van der Waals surface area contributed by atoms with Crippen LogP contribution in [0.1, 0.15) is 55.3 Å². The number of hydrogen-bond donors (Lipinski definition) is 2. The molecule has 142 valence electrons. The number of H-pyrrole nitrogens is 1. The number of aromatic nitrogens is 3. The summed E-state index contributed by atoms with van der Waals surface area (Å²) in [5.41, 5.74) is 1.17. The molecule has 2 aromatic rings. The van der Waals surface area contributed by atoms with E-state index in [0.717, 1.165) is 25.0 Å². The summed E-state index contributed by atoms with van der Waals surface area (Å²) in [6, 6.07) is 3.26. The molecule has 1 saturated heterocycles. The van der Waals surface area contributed by atoms with Gasteiger partial charge in [0.2, 0.25) is 0 Å². The Bertz CT molecular complexity index is 893. The smallest absolute Gasteiger partial charge is 0.270 e. The first kappa shape index (κ1) is 18.5. The molecule has 1 unspecified atom stereocenters. The predicted molar refractivity (Wildman–Crippen MR) is 98.7 cm³/mol. The lowest BCUT2D eigenvalue weighted by molar-refractivity contribution is 0.0787. The van der Waals surface area contributed by atoms with Gasteiger partial charge in [-0.1, -0.05) is 6.92 Å². The third kappa shape index (κ3) is 3.62. The third-order valence-corrected chi connectivity index (χ3v) is 6.09. The van der Waals surface area contributed by atoms with Crippen molar-refractivity contribution in [3.8, 4) is 0 Å². The number of anilines is 1.